The van der Waals surface area contributed by atoms with Crippen LogP contribution in [-0.4, -0.2) is 30.2 Å². The van der Waals surface area contributed by atoms with Crippen LogP contribution < -0.4 is 17.2 Å². The average molecular weight is 231 g/mol. The van der Waals surface area contributed by atoms with Crippen LogP contribution in [0.15, 0.2) is 0 Å². The van der Waals surface area contributed by atoms with Crippen molar-refractivity contribution in [1.29, 1.82) is 0 Å². The molecular formula is C11H25N3O2. The number of carbonyl (C=O) groups is 1. The molecule has 1 unspecified atom stereocenters. The Kier molecular flexibility index (Phi) is 6.55. The highest BCUT2D eigenvalue weighted by Crippen LogP contribution is 2.10. The van der Waals surface area contributed by atoms with Crippen molar-refractivity contribution in [2.75, 3.05) is 6.54 Å². The zero-order chi connectivity index (χ0) is 12.8. The fourth-order valence-corrected chi connectivity index (χ4v) is 1.21. The molecular weight excluding hydrogens is 206 g/mol. The maximum atomic E-state index is 11.5. The quantitative estimate of drug-likeness (QED) is 0.563. The summed E-state index contributed by atoms with van der Waals surface area (Å²) in [6, 6.07) is -0.574. The van der Waals surface area contributed by atoms with Gasteiger partial charge in [-0.3, -0.25) is 4.79 Å². The van der Waals surface area contributed by atoms with E-state index in [0.717, 1.165) is 12.8 Å². The molecule has 0 aromatic carbocycles. The van der Waals surface area contributed by atoms with E-state index < -0.39 is 11.6 Å². The SMILES string of the molecule is CC(C)(C)OC(=O)C(N)CCC[C@H](N)CN. The molecule has 5 heteroatoms. The van der Waals surface area contributed by atoms with Gasteiger partial charge in [-0.2, -0.15) is 0 Å². The Labute approximate surface area is 97.7 Å². The first-order valence-electron chi connectivity index (χ1n) is 5.70. The molecule has 96 valence electrons. The highest BCUT2D eigenvalue weighted by atomic mass is 16.6. The number of esters is 1. The molecule has 2 atom stereocenters. The molecule has 0 heterocycles. The minimum Gasteiger partial charge on any atom is -0.459 e. The molecule has 0 aromatic rings. The Balaban J connectivity index is 3.80. The molecule has 0 aliphatic rings. The van der Waals surface area contributed by atoms with Crippen LogP contribution in [0.2, 0.25) is 0 Å². The summed E-state index contributed by atoms with van der Waals surface area (Å²) in [5.41, 5.74) is 16.3. The lowest BCUT2D eigenvalue weighted by Crippen LogP contribution is -2.37. The van der Waals surface area contributed by atoms with Gasteiger partial charge in [0.25, 0.3) is 0 Å². The third-order valence-corrected chi connectivity index (χ3v) is 2.10. The number of rotatable bonds is 6. The molecule has 16 heavy (non-hydrogen) atoms. The minimum atomic E-state index is -0.566. The zero-order valence-electron chi connectivity index (χ0n) is 10.5. The molecule has 0 bridgehead atoms. The van der Waals surface area contributed by atoms with E-state index in [9.17, 15) is 4.79 Å². The van der Waals surface area contributed by atoms with Crippen molar-refractivity contribution < 1.29 is 9.53 Å². The molecule has 0 fully saturated rings. The van der Waals surface area contributed by atoms with Crippen molar-refractivity contribution in [2.45, 2.75) is 57.7 Å². The Bertz CT molecular complexity index is 214. The van der Waals surface area contributed by atoms with Crippen LogP contribution in [0.1, 0.15) is 40.0 Å². The van der Waals surface area contributed by atoms with E-state index >= 15 is 0 Å². The van der Waals surface area contributed by atoms with Gasteiger partial charge in [-0.15, -0.1) is 0 Å². The summed E-state index contributed by atoms with van der Waals surface area (Å²) >= 11 is 0. The minimum absolute atomic E-state index is 0.00848. The molecule has 0 radical (unpaired) electrons. The van der Waals surface area contributed by atoms with Crippen LogP contribution in [-0.2, 0) is 9.53 Å². The Morgan fingerprint density at radius 2 is 1.81 bits per heavy atom. The fourth-order valence-electron chi connectivity index (χ4n) is 1.21. The summed E-state index contributed by atoms with van der Waals surface area (Å²) in [5, 5.41) is 0. The Morgan fingerprint density at radius 3 is 2.25 bits per heavy atom. The monoisotopic (exact) mass is 231 g/mol. The third kappa shape index (κ3) is 7.62. The lowest BCUT2D eigenvalue weighted by atomic mass is 10.1. The van der Waals surface area contributed by atoms with E-state index in [1.807, 2.05) is 20.8 Å². The number of hydrogen-bond acceptors (Lipinski definition) is 5. The van der Waals surface area contributed by atoms with E-state index in [0.29, 0.717) is 13.0 Å². The van der Waals surface area contributed by atoms with Crippen LogP contribution in [0.25, 0.3) is 0 Å². The number of carbonyl (C=O) groups excluding carboxylic acids is 1. The van der Waals surface area contributed by atoms with Crippen LogP contribution in [0.5, 0.6) is 0 Å². The summed E-state index contributed by atoms with van der Waals surface area (Å²) in [5.74, 6) is -0.353. The predicted molar refractivity (Wildman–Crippen MR) is 64.7 cm³/mol. The van der Waals surface area contributed by atoms with Crippen molar-refractivity contribution >= 4 is 5.97 Å². The first kappa shape index (κ1) is 15.3. The predicted octanol–water partition coefficient (Wildman–Crippen LogP) is 0.112. The van der Waals surface area contributed by atoms with Crippen molar-refractivity contribution in [3.8, 4) is 0 Å². The van der Waals surface area contributed by atoms with Gasteiger partial charge in [-0.05, 0) is 40.0 Å². The van der Waals surface area contributed by atoms with E-state index in [-0.39, 0.29) is 12.0 Å². The van der Waals surface area contributed by atoms with Gasteiger partial charge in [0.15, 0.2) is 0 Å². The summed E-state index contributed by atoms with van der Waals surface area (Å²) in [6.07, 6.45) is 2.16. The highest BCUT2D eigenvalue weighted by Gasteiger charge is 2.21. The standard InChI is InChI=1S/C11H25N3O2/c1-11(2,3)16-10(15)9(14)6-4-5-8(13)7-12/h8-9H,4-7,12-14H2,1-3H3/t8-,9?/m0/s1. The van der Waals surface area contributed by atoms with E-state index in [1.165, 1.54) is 0 Å². The van der Waals surface area contributed by atoms with Crippen LogP contribution >= 0.6 is 0 Å². The molecule has 0 aliphatic heterocycles. The second-order valence-electron chi connectivity index (χ2n) is 5.07. The van der Waals surface area contributed by atoms with Crippen LogP contribution in [0.3, 0.4) is 0 Å². The smallest absolute Gasteiger partial charge is 0.323 e. The van der Waals surface area contributed by atoms with Gasteiger partial charge in [0.2, 0.25) is 0 Å². The number of ether oxygens (including phenoxy) is 1. The van der Waals surface area contributed by atoms with E-state index in [1.54, 1.807) is 0 Å². The van der Waals surface area contributed by atoms with E-state index in [4.69, 9.17) is 21.9 Å². The van der Waals surface area contributed by atoms with E-state index in [2.05, 4.69) is 0 Å². The zero-order valence-corrected chi connectivity index (χ0v) is 10.5. The molecule has 6 N–H and O–H groups in total. The maximum absolute atomic E-state index is 11.5. The molecule has 0 rings (SSSR count). The maximum Gasteiger partial charge on any atom is 0.323 e. The molecule has 0 aliphatic carbocycles. The van der Waals surface area contributed by atoms with Gasteiger partial charge in [0, 0.05) is 12.6 Å². The highest BCUT2D eigenvalue weighted by molar-refractivity contribution is 5.75. The second kappa shape index (κ2) is 6.83. The molecule has 0 aromatic heterocycles. The van der Waals surface area contributed by atoms with Gasteiger partial charge in [-0.25, -0.2) is 0 Å². The summed E-state index contributed by atoms with van der Waals surface area (Å²) in [7, 11) is 0. The summed E-state index contributed by atoms with van der Waals surface area (Å²) < 4.78 is 5.16. The lowest BCUT2D eigenvalue weighted by Gasteiger charge is -2.22. The van der Waals surface area contributed by atoms with Crippen molar-refractivity contribution in [3.63, 3.8) is 0 Å². The first-order valence-corrected chi connectivity index (χ1v) is 5.70. The second-order valence-corrected chi connectivity index (χ2v) is 5.07. The van der Waals surface area contributed by atoms with Gasteiger partial charge < -0.3 is 21.9 Å². The molecule has 0 saturated heterocycles. The molecule has 0 saturated carbocycles. The van der Waals surface area contributed by atoms with Crippen LogP contribution in [0, 0.1) is 0 Å². The Hall–Kier alpha value is -0.650. The lowest BCUT2D eigenvalue weighted by molar-refractivity contribution is -0.156. The summed E-state index contributed by atoms with van der Waals surface area (Å²) in [6.45, 7) is 5.92. The van der Waals surface area contributed by atoms with Crippen molar-refractivity contribution in [1.82, 2.24) is 0 Å². The molecule has 0 amide bonds. The van der Waals surface area contributed by atoms with Gasteiger partial charge in [-0.1, -0.05) is 0 Å². The van der Waals surface area contributed by atoms with Crippen LogP contribution in [0.4, 0.5) is 0 Å². The fraction of sp³-hybridized carbons (Fsp3) is 0.909. The van der Waals surface area contributed by atoms with Gasteiger partial charge in [0.1, 0.15) is 11.6 Å². The normalized spacial score (nSPS) is 15.6. The number of nitrogens with two attached hydrogens (primary N) is 3. The van der Waals surface area contributed by atoms with Crippen molar-refractivity contribution in [3.05, 3.63) is 0 Å². The average Bonchev–Trinajstić information content (AvgIpc) is 2.14. The first-order chi connectivity index (χ1) is 7.26. The van der Waals surface area contributed by atoms with Gasteiger partial charge >= 0.3 is 5.97 Å². The Morgan fingerprint density at radius 1 is 1.25 bits per heavy atom. The molecule has 5 nitrogen and oxygen atoms in total. The molecule has 0 spiro atoms. The largest absolute Gasteiger partial charge is 0.459 e. The third-order valence-electron chi connectivity index (χ3n) is 2.10. The van der Waals surface area contributed by atoms with Gasteiger partial charge in [0.05, 0.1) is 0 Å². The topological polar surface area (TPSA) is 104 Å². The van der Waals surface area contributed by atoms with Crippen molar-refractivity contribution in [2.24, 2.45) is 17.2 Å². The summed E-state index contributed by atoms with van der Waals surface area (Å²) in [4.78, 5) is 11.5. The number of hydrogen-bond donors (Lipinski definition) is 3.